The fourth-order valence-corrected chi connectivity index (χ4v) is 2.21. The summed E-state index contributed by atoms with van der Waals surface area (Å²) < 4.78 is 5.01. The Labute approximate surface area is 94.2 Å². The summed E-state index contributed by atoms with van der Waals surface area (Å²) in [6, 6.07) is 0.665. The molecule has 0 aliphatic carbocycles. The van der Waals surface area contributed by atoms with Crippen molar-refractivity contribution in [2.24, 2.45) is 5.92 Å². The quantitative estimate of drug-likeness (QED) is 0.647. The molecule has 0 saturated carbocycles. The lowest BCUT2D eigenvalue weighted by molar-refractivity contribution is 0.191. The predicted octanol–water partition coefficient (Wildman–Crippen LogP) is 1.34. The SMILES string of the molecule is CCC1CCN(C(C)CNCCOC)C1. The van der Waals surface area contributed by atoms with Gasteiger partial charge < -0.3 is 10.1 Å². The molecule has 0 bridgehead atoms. The summed E-state index contributed by atoms with van der Waals surface area (Å²) in [7, 11) is 1.75. The van der Waals surface area contributed by atoms with Gasteiger partial charge in [0, 0.05) is 32.8 Å². The van der Waals surface area contributed by atoms with Gasteiger partial charge >= 0.3 is 0 Å². The Morgan fingerprint density at radius 1 is 1.53 bits per heavy atom. The van der Waals surface area contributed by atoms with E-state index in [1.165, 1.54) is 25.9 Å². The molecule has 1 rings (SSSR count). The van der Waals surface area contributed by atoms with E-state index < -0.39 is 0 Å². The highest BCUT2D eigenvalue weighted by Crippen LogP contribution is 2.20. The van der Waals surface area contributed by atoms with E-state index in [1.807, 2.05) is 0 Å². The molecular formula is C12H26N2O. The van der Waals surface area contributed by atoms with Crippen LogP contribution in [-0.4, -0.2) is 50.8 Å². The summed E-state index contributed by atoms with van der Waals surface area (Å²) in [6.07, 6.45) is 2.72. The first kappa shape index (κ1) is 12.9. The number of nitrogens with zero attached hydrogens (tertiary/aromatic N) is 1. The van der Waals surface area contributed by atoms with Crippen molar-refractivity contribution in [3.63, 3.8) is 0 Å². The van der Waals surface area contributed by atoms with Crippen LogP contribution in [0.3, 0.4) is 0 Å². The Bertz CT molecular complexity index is 164. The molecule has 1 aliphatic rings. The van der Waals surface area contributed by atoms with Crippen molar-refractivity contribution in [1.29, 1.82) is 0 Å². The molecule has 3 nitrogen and oxygen atoms in total. The van der Waals surface area contributed by atoms with Gasteiger partial charge in [-0.05, 0) is 25.8 Å². The third kappa shape index (κ3) is 4.49. The van der Waals surface area contributed by atoms with Crippen LogP contribution in [0.4, 0.5) is 0 Å². The summed E-state index contributed by atoms with van der Waals surface area (Å²) in [5.41, 5.74) is 0. The Balaban J connectivity index is 2.09. The zero-order chi connectivity index (χ0) is 11.1. The fourth-order valence-electron chi connectivity index (χ4n) is 2.21. The van der Waals surface area contributed by atoms with E-state index in [4.69, 9.17) is 4.74 Å². The van der Waals surface area contributed by atoms with Gasteiger partial charge in [0.2, 0.25) is 0 Å². The average Bonchev–Trinajstić information content (AvgIpc) is 2.72. The van der Waals surface area contributed by atoms with Crippen molar-refractivity contribution in [2.75, 3.05) is 39.9 Å². The van der Waals surface area contributed by atoms with Gasteiger partial charge in [-0.3, -0.25) is 4.90 Å². The van der Waals surface area contributed by atoms with Crippen LogP contribution in [0.15, 0.2) is 0 Å². The second-order valence-electron chi connectivity index (χ2n) is 4.60. The Hall–Kier alpha value is -0.120. The van der Waals surface area contributed by atoms with Crippen molar-refractivity contribution in [1.82, 2.24) is 10.2 Å². The van der Waals surface area contributed by atoms with Crippen LogP contribution in [0.2, 0.25) is 0 Å². The van der Waals surface area contributed by atoms with Crippen molar-refractivity contribution < 1.29 is 4.74 Å². The first-order chi connectivity index (χ1) is 7.27. The number of hydrogen-bond acceptors (Lipinski definition) is 3. The lowest BCUT2D eigenvalue weighted by Gasteiger charge is -2.24. The maximum Gasteiger partial charge on any atom is 0.0587 e. The van der Waals surface area contributed by atoms with E-state index in [-0.39, 0.29) is 0 Å². The van der Waals surface area contributed by atoms with E-state index in [0.29, 0.717) is 6.04 Å². The van der Waals surface area contributed by atoms with Crippen LogP contribution in [0.5, 0.6) is 0 Å². The van der Waals surface area contributed by atoms with E-state index in [1.54, 1.807) is 7.11 Å². The van der Waals surface area contributed by atoms with Crippen molar-refractivity contribution in [3.05, 3.63) is 0 Å². The lowest BCUT2D eigenvalue weighted by atomic mass is 10.1. The third-order valence-corrected chi connectivity index (χ3v) is 3.44. The van der Waals surface area contributed by atoms with Gasteiger partial charge in [0.05, 0.1) is 6.61 Å². The van der Waals surface area contributed by atoms with Crippen LogP contribution in [-0.2, 0) is 4.74 Å². The summed E-state index contributed by atoms with van der Waals surface area (Å²) in [5, 5.41) is 3.43. The summed E-state index contributed by atoms with van der Waals surface area (Å²) in [5.74, 6) is 0.937. The maximum absolute atomic E-state index is 5.01. The minimum Gasteiger partial charge on any atom is -0.383 e. The van der Waals surface area contributed by atoms with E-state index in [2.05, 4.69) is 24.1 Å². The van der Waals surface area contributed by atoms with Crippen molar-refractivity contribution in [2.45, 2.75) is 32.7 Å². The average molecular weight is 214 g/mol. The molecule has 0 spiro atoms. The molecule has 1 N–H and O–H groups in total. The molecule has 0 aromatic carbocycles. The van der Waals surface area contributed by atoms with Crippen LogP contribution in [0.25, 0.3) is 0 Å². The fraction of sp³-hybridized carbons (Fsp3) is 1.00. The van der Waals surface area contributed by atoms with Gasteiger partial charge in [-0.15, -0.1) is 0 Å². The molecule has 0 aromatic rings. The van der Waals surface area contributed by atoms with E-state index in [9.17, 15) is 0 Å². The Morgan fingerprint density at radius 3 is 2.93 bits per heavy atom. The van der Waals surface area contributed by atoms with Crippen LogP contribution >= 0.6 is 0 Å². The number of hydrogen-bond donors (Lipinski definition) is 1. The number of methoxy groups -OCH3 is 1. The monoisotopic (exact) mass is 214 g/mol. The van der Waals surface area contributed by atoms with Crippen molar-refractivity contribution in [3.8, 4) is 0 Å². The lowest BCUT2D eigenvalue weighted by Crippen LogP contribution is -2.39. The van der Waals surface area contributed by atoms with Crippen LogP contribution < -0.4 is 5.32 Å². The molecule has 0 amide bonds. The molecule has 1 heterocycles. The first-order valence-electron chi connectivity index (χ1n) is 6.21. The van der Waals surface area contributed by atoms with Gasteiger partial charge in [0.25, 0.3) is 0 Å². The van der Waals surface area contributed by atoms with Gasteiger partial charge in [0.1, 0.15) is 0 Å². The smallest absolute Gasteiger partial charge is 0.0587 e. The maximum atomic E-state index is 5.01. The molecule has 1 saturated heterocycles. The Morgan fingerprint density at radius 2 is 2.33 bits per heavy atom. The molecule has 1 aliphatic heterocycles. The van der Waals surface area contributed by atoms with Crippen molar-refractivity contribution >= 4 is 0 Å². The molecule has 15 heavy (non-hydrogen) atoms. The van der Waals surface area contributed by atoms with Gasteiger partial charge in [-0.1, -0.05) is 13.3 Å². The molecule has 2 atom stereocenters. The highest BCUT2D eigenvalue weighted by Gasteiger charge is 2.24. The minimum atomic E-state index is 0.665. The van der Waals surface area contributed by atoms with Crippen LogP contribution in [0, 0.1) is 5.92 Å². The molecular weight excluding hydrogens is 188 g/mol. The summed E-state index contributed by atoms with van der Waals surface area (Å²) >= 11 is 0. The van der Waals surface area contributed by atoms with Gasteiger partial charge in [-0.25, -0.2) is 0 Å². The van der Waals surface area contributed by atoms with E-state index >= 15 is 0 Å². The van der Waals surface area contributed by atoms with Crippen LogP contribution in [0.1, 0.15) is 26.7 Å². The highest BCUT2D eigenvalue weighted by atomic mass is 16.5. The Kier molecular flexibility index (Phi) is 6.22. The molecule has 2 unspecified atom stereocenters. The second-order valence-corrected chi connectivity index (χ2v) is 4.60. The topological polar surface area (TPSA) is 24.5 Å². The first-order valence-corrected chi connectivity index (χ1v) is 6.21. The number of ether oxygens (including phenoxy) is 1. The summed E-state index contributed by atoms with van der Waals surface area (Å²) in [6.45, 7) is 10.1. The number of nitrogens with one attached hydrogen (secondary N) is 1. The summed E-state index contributed by atoms with van der Waals surface area (Å²) in [4.78, 5) is 2.61. The molecule has 3 heteroatoms. The zero-order valence-corrected chi connectivity index (χ0v) is 10.5. The largest absolute Gasteiger partial charge is 0.383 e. The molecule has 90 valence electrons. The predicted molar refractivity (Wildman–Crippen MR) is 64.2 cm³/mol. The minimum absolute atomic E-state index is 0.665. The molecule has 1 fully saturated rings. The number of rotatable bonds is 7. The second kappa shape index (κ2) is 7.20. The molecule has 0 aromatic heterocycles. The number of likely N-dealkylation sites (tertiary alicyclic amines) is 1. The van der Waals surface area contributed by atoms with Gasteiger partial charge in [0.15, 0.2) is 0 Å². The standard InChI is InChI=1S/C12H26N2O/c1-4-12-5-7-14(10-12)11(2)9-13-6-8-15-3/h11-13H,4-10H2,1-3H3. The highest BCUT2D eigenvalue weighted by molar-refractivity contribution is 4.79. The van der Waals surface area contributed by atoms with E-state index in [0.717, 1.165) is 25.6 Å². The normalized spacial score (nSPS) is 24.6. The molecule has 0 radical (unpaired) electrons. The zero-order valence-electron chi connectivity index (χ0n) is 10.5. The van der Waals surface area contributed by atoms with Gasteiger partial charge in [-0.2, -0.15) is 0 Å². The third-order valence-electron chi connectivity index (χ3n) is 3.44.